The Labute approximate surface area is 143 Å². The molecule has 2 N–H and O–H groups in total. The van der Waals surface area contributed by atoms with Gasteiger partial charge in [-0.1, -0.05) is 0 Å². The third-order valence-electron chi connectivity index (χ3n) is 3.44. The molecule has 25 heavy (non-hydrogen) atoms. The summed E-state index contributed by atoms with van der Waals surface area (Å²) in [6, 6.07) is 1.24. The minimum atomic E-state index is -0.647. The predicted octanol–water partition coefficient (Wildman–Crippen LogP) is 1.59. The number of amides is 1. The van der Waals surface area contributed by atoms with Crippen LogP contribution >= 0.6 is 0 Å². The van der Waals surface area contributed by atoms with Crippen molar-refractivity contribution in [1.29, 1.82) is 0 Å². The Morgan fingerprint density at radius 3 is 2.64 bits per heavy atom. The SMILES string of the molecule is CCOc1cc(O)c(N=NC2=NN=C(C(=O)N(CC)CC)C2)c(=O)[nH]1. The number of H-pyrrole nitrogens is 1. The molecule has 0 aromatic carbocycles. The van der Waals surface area contributed by atoms with Gasteiger partial charge in [0.25, 0.3) is 11.5 Å². The molecule has 0 spiro atoms. The van der Waals surface area contributed by atoms with Crippen molar-refractivity contribution in [3.63, 3.8) is 0 Å². The molecular formula is C15H20N6O4. The van der Waals surface area contributed by atoms with Crippen molar-refractivity contribution < 1.29 is 14.6 Å². The summed E-state index contributed by atoms with van der Waals surface area (Å²) in [6.07, 6.45) is 0.120. The van der Waals surface area contributed by atoms with E-state index in [9.17, 15) is 14.7 Å². The number of carbonyl (C=O) groups excluding carboxylic acids is 1. The summed E-state index contributed by atoms with van der Waals surface area (Å²) in [5.41, 5.74) is -0.650. The summed E-state index contributed by atoms with van der Waals surface area (Å²) in [7, 11) is 0. The molecule has 0 saturated carbocycles. The number of rotatable bonds is 6. The molecule has 0 radical (unpaired) electrons. The van der Waals surface area contributed by atoms with Gasteiger partial charge in [0.2, 0.25) is 0 Å². The van der Waals surface area contributed by atoms with E-state index in [1.807, 2.05) is 13.8 Å². The largest absolute Gasteiger partial charge is 0.505 e. The maximum Gasteiger partial charge on any atom is 0.282 e. The smallest absolute Gasteiger partial charge is 0.282 e. The molecular weight excluding hydrogens is 328 g/mol. The Balaban J connectivity index is 2.08. The molecule has 0 unspecified atom stereocenters. The molecule has 1 aromatic heterocycles. The minimum absolute atomic E-state index is 0.120. The van der Waals surface area contributed by atoms with Crippen LogP contribution in [0.4, 0.5) is 5.69 Å². The van der Waals surface area contributed by atoms with Crippen LogP contribution in [0.1, 0.15) is 27.2 Å². The number of aromatic amines is 1. The fourth-order valence-electron chi connectivity index (χ4n) is 2.16. The maximum absolute atomic E-state index is 12.2. The summed E-state index contributed by atoms with van der Waals surface area (Å²) in [5.74, 6) is -0.253. The Morgan fingerprint density at radius 1 is 1.32 bits per heavy atom. The first-order valence-electron chi connectivity index (χ1n) is 7.93. The van der Waals surface area contributed by atoms with E-state index in [4.69, 9.17) is 4.74 Å². The van der Waals surface area contributed by atoms with Crippen LogP contribution in [0, 0.1) is 0 Å². The molecule has 134 valence electrons. The molecule has 1 aliphatic heterocycles. The lowest BCUT2D eigenvalue weighted by Gasteiger charge is -2.17. The van der Waals surface area contributed by atoms with Crippen molar-refractivity contribution in [3.05, 3.63) is 16.4 Å². The van der Waals surface area contributed by atoms with Gasteiger partial charge in [0.05, 0.1) is 13.0 Å². The van der Waals surface area contributed by atoms with Crippen LogP contribution < -0.4 is 10.3 Å². The van der Waals surface area contributed by atoms with Gasteiger partial charge in [-0.3, -0.25) is 14.6 Å². The summed E-state index contributed by atoms with van der Waals surface area (Å²) < 4.78 is 5.11. The summed E-state index contributed by atoms with van der Waals surface area (Å²) in [4.78, 5) is 28.1. The van der Waals surface area contributed by atoms with Gasteiger partial charge in [-0.25, -0.2) is 0 Å². The van der Waals surface area contributed by atoms with Gasteiger partial charge in [0, 0.05) is 19.2 Å². The number of pyridine rings is 1. The highest BCUT2D eigenvalue weighted by atomic mass is 16.5. The normalized spacial score (nSPS) is 13.7. The molecule has 0 bridgehead atoms. The van der Waals surface area contributed by atoms with Crippen molar-refractivity contribution in [3.8, 4) is 11.6 Å². The van der Waals surface area contributed by atoms with Gasteiger partial charge < -0.3 is 14.7 Å². The van der Waals surface area contributed by atoms with Crippen molar-refractivity contribution in [2.75, 3.05) is 19.7 Å². The molecule has 1 amide bonds. The first-order valence-corrected chi connectivity index (χ1v) is 7.93. The molecule has 2 heterocycles. The van der Waals surface area contributed by atoms with Gasteiger partial charge in [-0.15, -0.1) is 20.4 Å². The van der Waals surface area contributed by atoms with E-state index in [1.54, 1.807) is 11.8 Å². The summed E-state index contributed by atoms with van der Waals surface area (Å²) in [5, 5.41) is 25.0. The molecule has 2 rings (SSSR count). The second-order valence-corrected chi connectivity index (χ2v) is 5.05. The minimum Gasteiger partial charge on any atom is -0.505 e. The van der Waals surface area contributed by atoms with Crippen LogP contribution in [0.5, 0.6) is 11.6 Å². The van der Waals surface area contributed by atoms with Crippen LogP contribution in [-0.4, -0.2) is 52.1 Å². The number of hydrogen-bond acceptors (Lipinski definition) is 8. The van der Waals surface area contributed by atoms with Gasteiger partial charge in [-0.05, 0) is 20.8 Å². The monoisotopic (exact) mass is 348 g/mol. The zero-order valence-corrected chi connectivity index (χ0v) is 14.3. The van der Waals surface area contributed by atoms with Crippen LogP contribution in [0.3, 0.4) is 0 Å². The maximum atomic E-state index is 12.2. The molecule has 10 heteroatoms. The van der Waals surface area contributed by atoms with E-state index < -0.39 is 5.56 Å². The highest BCUT2D eigenvalue weighted by molar-refractivity contribution is 6.43. The highest BCUT2D eigenvalue weighted by Gasteiger charge is 2.23. The number of carbonyl (C=O) groups is 1. The van der Waals surface area contributed by atoms with E-state index in [2.05, 4.69) is 25.4 Å². The van der Waals surface area contributed by atoms with Gasteiger partial charge in [0.1, 0.15) is 5.71 Å². The van der Waals surface area contributed by atoms with Crippen LogP contribution in [0.25, 0.3) is 0 Å². The lowest BCUT2D eigenvalue weighted by molar-refractivity contribution is -0.123. The molecule has 0 atom stereocenters. The summed E-state index contributed by atoms with van der Waals surface area (Å²) >= 11 is 0. The predicted molar refractivity (Wildman–Crippen MR) is 91.8 cm³/mol. The first kappa shape index (κ1) is 18.3. The summed E-state index contributed by atoms with van der Waals surface area (Å²) in [6.45, 7) is 6.98. The molecule has 0 aliphatic carbocycles. The second kappa shape index (κ2) is 8.18. The standard InChI is InChI=1S/C15H20N6O4/c1-4-21(5-2)15(24)9-7-11(18-17-9)19-20-13-10(22)8-12(25-6-3)16-14(13)23/h8H,4-7H2,1-3H3,(H2,16,22,23). The van der Waals surface area contributed by atoms with E-state index in [0.29, 0.717) is 19.7 Å². The fraction of sp³-hybridized carbons (Fsp3) is 0.467. The quantitative estimate of drug-likeness (QED) is 0.755. The number of aromatic hydroxyl groups is 1. The van der Waals surface area contributed by atoms with Crippen LogP contribution in [-0.2, 0) is 4.79 Å². The average Bonchev–Trinajstić information content (AvgIpc) is 3.04. The van der Waals surface area contributed by atoms with Gasteiger partial charge in [-0.2, -0.15) is 0 Å². The molecule has 0 fully saturated rings. The Morgan fingerprint density at radius 2 is 2.04 bits per heavy atom. The lowest BCUT2D eigenvalue weighted by Crippen LogP contribution is -2.36. The Kier molecular flexibility index (Phi) is 5.98. The highest BCUT2D eigenvalue weighted by Crippen LogP contribution is 2.25. The van der Waals surface area contributed by atoms with E-state index in [1.165, 1.54) is 6.07 Å². The average molecular weight is 348 g/mol. The number of ether oxygens (including phenoxy) is 1. The number of nitrogens with one attached hydrogen (secondary N) is 1. The number of aromatic nitrogens is 1. The van der Waals surface area contributed by atoms with Crippen LogP contribution in [0.2, 0.25) is 0 Å². The van der Waals surface area contributed by atoms with Crippen molar-refractivity contribution in [1.82, 2.24) is 9.88 Å². The molecule has 1 aliphatic rings. The number of nitrogens with zero attached hydrogens (tertiary/aromatic N) is 5. The molecule has 10 nitrogen and oxygen atoms in total. The second-order valence-electron chi connectivity index (χ2n) is 5.05. The topological polar surface area (TPSA) is 132 Å². The first-order chi connectivity index (χ1) is 12.0. The molecule has 1 aromatic rings. The Bertz CT molecular complexity index is 792. The van der Waals surface area contributed by atoms with Crippen molar-refractivity contribution >= 4 is 23.1 Å². The molecule has 0 saturated heterocycles. The lowest BCUT2D eigenvalue weighted by atomic mass is 10.2. The third kappa shape index (κ3) is 4.28. The fourth-order valence-corrected chi connectivity index (χ4v) is 2.16. The van der Waals surface area contributed by atoms with Crippen molar-refractivity contribution in [2.24, 2.45) is 20.4 Å². The Hall–Kier alpha value is -3.04. The third-order valence-corrected chi connectivity index (χ3v) is 3.44. The van der Waals surface area contributed by atoms with E-state index in [0.717, 1.165) is 0 Å². The number of amidine groups is 1. The van der Waals surface area contributed by atoms with Gasteiger partial charge in [0.15, 0.2) is 23.2 Å². The van der Waals surface area contributed by atoms with Gasteiger partial charge >= 0.3 is 0 Å². The number of azo groups is 1. The zero-order chi connectivity index (χ0) is 18.4. The van der Waals surface area contributed by atoms with Crippen molar-refractivity contribution in [2.45, 2.75) is 27.2 Å². The van der Waals surface area contributed by atoms with E-state index in [-0.39, 0.29) is 41.2 Å². The van der Waals surface area contributed by atoms with E-state index >= 15 is 0 Å². The number of hydrogen-bond donors (Lipinski definition) is 2. The zero-order valence-electron chi connectivity index (χ0n) is 14.3. The van der Waals surface area contributed by atoms with Crippen LogP contribution in [0.15, 0.2) is 31.3 Å².